The number of benzene rings is 1. The Morgan fingerprint density at radius 3 is 2.52 bits per heavy atom. The topological polar surface area (TPSA) is 112 Å². The molecule has 2 rings (SSSR count). The van der Waals surface area contributed by atoms with Crippen LogP contribution in [0.2, 0.25) is 10.0 Å². The van der Waals surface area contributed by atoms with Crippen molar-refractivity contribution in [1.29, 1.82) is 0 Å². The summed E-state index contributed by atoms with van der Waals surface area (Å²) in [5.74, 6) is -2.60. The van der Waals surface area contributed by atoms with Crippen molar-refractivity contribution in [2.45, 2.75) is 13.8 Å². The molecule has 0 aliphatic carbocycles. The van der Waals surface area contributed by atoms with Crippen LogP contribution in [0.3, 0.4) is 0 Å². The van der Waals surface area contributed by atoms with Crippen LogP contribution in [0.1, 0.15) is 43.8 Å². The molecule has 0 aliphatic heterocycles. The molecule has 0 saturated heterocycles. The van der Waals surface area contributed by atoms with Gasteiger partial charge >= 0.3 is 5.97 Å². The quantitative estimate of drug-likeness (QED) is 0.766. The fourth-order valence-electron chi connectivity index (χ4n) is 2.16. The largest absolute Gasteiger partial charge is 0.462 e. The second-order valence-corrected chi connectivity index (χ2v) is 5.74. The summed E-state index contributed by atoms with van der Waals surface area (Å²) >= 11 is 11.8. The smallest absolute Gasteiger partial charge is 0.342 e. The Bertz CT molecular complexity index is 860. The van der Waals surface area contributed by atoms with E-state index in [-0.39, 0.29) is 40.0 Å². The Morgan fingerprint density at radius 1 is 1.24 bits per heavy atom. The first-order valence-electron chi connectivity index (χ1n) is 7.13. The molecule has 132 valence electrons. The van der Waals surface area contributed by atoms with Gasteiger partial charge in [0.1, 0.15) is 16.9 Å². The molecule has 9 heteroatoms. The number of furan rings is 1. The van der Waals surface area contributed by atoms with Crippen molar-refractivity contribution in [2.75, 3.05) is 11.9 Å². The first-order valence-corrected chi connectivity index (χ1v) is 7.88. The molecule has 0 spiro atoms. The lowest BCUT2D eigenvalue weighted by atomic mass is 10.1. The zero-order valence-corrected chi connectivity index (χ0v) is 14.8. The third-order valence-corrected chi connectivity index (χ3v) is 3.78. The number of halogens is 2. The van der Waals surface area contributed by atoms with E-state index in [9.17, 15) is 14.4 Å². The first kappa shape index (κ1) is 18.8. The van der Waals surface area contributed by atoms with E-state index in [1.54, 1.807) is 6.92 Å². The maximum Gasteiger partial charge on any atom is 0.342 e. The molecule has 25 heavy (non-hydrogen) atoms. The van der Waals surface area contributed by atoms with E-state index in [1.807, 2.05) is 0 Å². The van der Waals surface area contributed by atoms with Crippen LogP contribution in [-0.4, -0.2) is 24.4 Å². The van der Waals surface area contributed by atoms with Gasteiger partial charge in [0.25, 0.3) is 11.8 Å². The number of carbonyl (C=O) groups excluding carboxylic acids is 3. The number of rotatable bonds is 5. The molecular weight excluding hydrogens is 371 g/mol. The third-order valence-electron chi connectivity index (χ3n) is 3.21. The fraction of sp³-hybridized carbons (Fsp3) is 0.188. The van der Waals surface area contributed by atoms with Gasteiger partial charge in [0.15, 0.2) is 0 Å². The van der Waals surface area contributed by atoms with Gasteiger partial charge in [-0.15, -0.1) is 0 Å². The Kier molecular flexibility index (Phi) is 5.71. The number of hydrogen-bond donors (Lipinski definition) is 2. The molecule has 0 unspecified atom stereocenters. The number of amides is 2. The van der Waals surface area contributed by atoms with E-state index in [4.69, 9.17) is 38.1 Å². The lowest BCUT2D eigenvalue weighted by Gasteiger charge is -2.06. The number of hydrogen-bond acceptors (Lipinski definition) is 5. The van der Waals surface area contributed by atoms with E-state index >= 15 is 0 Å². The van der Waals surface area contributed by atoms with Gasteiger partial charge in [-0.05, 0) is 32.0 Å². The van der Waals surface area contributed by atoms with Crippen molar-refractivity contribution in [3.63, 3.8) is 0 Å². The summed E-state index contributed by atoms with van der Waals surface area (Å²) < 4.78 is 10.2. The zero-order valence-electron chi connectivity index (χ0n) is 13.3. The van der Waals surface area contributed by atoms with Crippen LogP contribution in [0.25, 0.3) is 0 Å². The van der Waals surface area contributed by atoms with Crippen molar-refractivity contribution in [3.8, 4) is 0 Å². The standard InChI is InChI=1S/C16H14Cl2N2O5/c1-3-24-16(23)11-7(2)25-15(12(11)13(19)21)20-14(22)9-6-8(17)4-5-10(9)18/h4-6H,3H2,1-2H3,(H2,19,21)(H,20,22). The van der Waals surface area contributed by atoms with E-state index < -0.39 is 17.8 Å². The molecule has 3 N–H and O–H groups in total. The van der Waals surface area contributed by atoms with Crippen molar-refractivity contribution in [1.82, 2.24) is 0 Å². The van der Waals surface area contributed by atoms with Crippen LogP contribution < -0.4 is 11.1 Å². The molecule has 1 aromatic heterocycles. The first-order chi connectivity index (χ1) is 11.8. The number of carbonyl (C=O) groups is 3. The fourth-order valence-corrected chi connectivity index (χ4v) is 2.53. The summed E-state index contributed by atoms with van der Waals surface area (Å²) in [5, 5.41) is 2.83. The van der Waals surface area contributed by atoms with E-state index in [0.717, 1.165) is 0 Å². The highest BCUT2D eigenvalue weighted by Gasteiger charge is 2.29. The van der Waals surface area contributed by atoms with Crippen molar-refractivity contribution >= 4 is 46.9 Å². The number of primary amides is 1. The summed E-state index contributed by atoms with van der Waals surface area (Å²) in [6.45, 7) is 3.16. The Hall–Kier alpha value is -2.51. The van der Waals surface area contributed by atoms with Gasteiger partial charge in [0.05, 0.1) is 17.2 Å². The number of nitrogens with one attached hydrogen (secondary N) is 1. The number of esters is 1. The minimum absolute atomic E-state index is 0.0660. The maximum atomic E-state index is 12.4. The van der Waals surface area contributed by atoms with Gasteiger partial charge in [0.2, 0.25) is 5.88 Å². The highest BCUT2D eigenvalue weighted by molar-refractivity contribution is 6.36. The average Bonchev–Trinajstić information content (AvgIpc) is 2.86. The van der Waals surface area contributed by atoms with Crippen LogP contribution in [-0.2, 0) is 4.74 Å². The van der Waals surface area contributed by atoms with Gasteiger partial charge < -0.3 is 14.9 Å². The number of ether oxygens (including phenoxy) is 1. The highest BCUT2D eigenvalue weighted by Crippen LogP contribution is 2.29. The molecule has 0 aliphatic rings. The lowest BCUT2D eigenvalue weighted by Crippen LogP contribution is -2.20. The maximum absolute atomic E-state index is 12.4. The summed E-state index contributed by atoms with van der Waals surface area (Å²) in [5.41, 5.74) is 4.98. The van der Waals surface area contributed by atoms with Gasteiger partial charge in [-0.25, -0.2) is 4.79 Å². The van der Waals surface area contributed by atoms with Crippen LogP contribution >= 0.6 is 23.2 Å². The summed E-state index contributed by atoms with van der Waals surface area (Å²) in [4.78, 5) is 36.2. The molecular formula is C16H14Cl2N2O5. The minimum atomic E-state index is -0.951. The number of aryl methyl sites for hydroxylation is 1. The Balaban J connectivity index is 2.44. The predicted octanol–water partition coefficient (Wildman–Crippen LogP) is 3.42. The Labute approximate surface area is 153 Å². The van der Waals surface area contributed by atoms with Crippen LogP contribution in [0, 0.1) is 6.92 Å². The van der Waals surface area contributed by atoms with E-state index in [2.05, 4.69) is 5.32 Å². The summed E-state index contributed by atoms with van der Waals surface area (Å²) in [7, 11) is 0. The minimum Gasteiger partial charge on any atom is -0.462 e. The van der Waals surface area contributed by atoms with Crippen molar-refractivity contribution < 1.29 is 23.5 Å². The monoisotopic (exact) mass is 384 g/mol. The van der Waals surface area contributed by atoms with Gasteiger partial charge in [-0.3, -0.25) is 14.9 Å². The van der Waals surface area contributed by atoms with Crippen LogP contribution in [0.4, 0.5) is 5.88 Å². The van der Waals surface area contributed by atoms with Crippen LogP contribution in [0.15, 0.2) is 22.6 Å². The molecule has 1 aromatic carbocycles. The van der Waals surface area contributed by atoms with Crippen molar-refractivity contribution in [2.24, 2.45) is 5.73 Å². The molecule has 0 bridgehead atoms. The molecule has 0 fully saturated rings. The van der Waals surface area contributed by atoms with Gasteiger partial charge in [-0.2, -0.15) is 0 Å². The highest BCUT2D eigenvalue weighted by atomic mass is 35.5. The summed E-state index contributed by atoms with van der Waals surface area (Å²) in [6, 6.07) is 4.32. The number of anilines is 1. The molecule has 0 saturated carbocycles. The second-order valence-electron chi connectivity index (χ2n) is 4.90. The molecule has 7 nitrogen and oxygen atoms in total. The lowest BCUT2D eigenvalue weighted by molar-refractivity contribution is 0.0521. The SMILES string of the molecule is CCOC(=O)c1c(C)oc(NC(=O)c2cc(Cl)ccc2Cl)c1C(N)=O. The average molecular weight is 385 g/mol. The number of nitrogens with two attached hydrogens (primary N) is 1. The normalized spacial score (nSPS) is 10.4. The van der Waals surface area contributed by atoms with E-state index in [0.29, 0.717) is 5.02 Å². The molecule has 1 heterocycles. The zero-order chi connectivity index (χ0) is 18.7. The van der Waals surface area contributed by atoms with Crippen LogP contribution in [0.5, 0.6) is 0 Å². The molecule has 2 aromatic rings. The third kappa shape index (κ3) is 3.94. The van der Waals surface area contributed by atoms with E-state index in [1.165, 1.54) is 25.1 Å². The van der Waals surface area contributed by atoms with Gasteiger partial charge in [-0.1, -0.05) is 23.2 Å². The molecule has 0 atom stereocenters. The molecule has 0 radical (unpaired) electrons. The molecule has 2 amide bonds. The summed E-state index contributed by atoms with van der Waals surface area (Å²) in [6.07, 6.45) is 0. The predicted molar refractivity (Wildman–Crippen MR) is 92.3 cm³/mol. The second kappa shape index (κ2) is 7.58. The van der Waals surface area contributed by atoms with Crippen molar-refractivity contribution in [3.05, 3.63) is 50.7 Å². The Morgan fingerprint density at radius 2 is 1.92 bits per heavy atom. The van der Waals surface area contributed by atoms with Gasteiger partial charge in [0, 0.05) is 5.02 Å².